The Bertz CT molecular complexity index is 892. The smallest absolute Gasteiger partial charge is 0.294 e. The molecule has 148 valence electrons. The van der Waals surface area contributed by atoms with Crippen LogP contribution in [0, 0.1) is 0 Å². The lowest BCUT2D eigenvalue weighted by atomic mass is 10.2. The average Bonchev–Trinajstić information content (AvgIpc) is 3.23. The molecular formula is C19H19ClN2O5S. The minimum absolute atomic E-state index is 0.00611. The number of imide groups is 1. The number of hydrogen-bond acceptors (Lipinski definition) is 7. The Morgan fingerprint density at radius 3 is 2.50 bits per heavy atom. The van der Waals surface area contributed by atoms with Crippen LogP contribution in [0.15, 0.2) is 45.7 Å². The van der Waals surface area contributed by atoms with Gasteiger partial charge >= 0.3 is 0 Å². The number of halogens is 1. The molecule has 3 rings (SSSR count). The van der Waals surface area contributed by atoms with Crippen LogP contribution in [0.5, 0.6) is 0 Å². The standard InChI is InChI=1S/C19H19ClN2O5S/c20-15-4-2-1-3-14(15)16-6-5-13(27-16)11-17-18(25)22(19(26)28-17)12-21(7-9-23)8-10-24/h1-6,11,23-24H,7-10,12H2. The van der Waals surface area contributed by atoms with Gasteiger partial charge < -0.3 is 14.6 Å². The first-order chi connectivity index (χ1) is 13.5. The van der Waals surface area contributed by atoms with Crippen LogP contribution in [0.25, 0.3) is 17.4 Å². The summed E-state index contributed by atoms with van der Waals surface area (Å²) in [6.45, 7) is 0.236. The third-order valence-corrected chi connectivity index (χ3v) is 5.32. The van der Waals surface area contributed by atoms with E-state index in [9.17, 15) is 9.59 Å². The second kappa shape index (κ2) is 9.40. The van der Waals surface area contributed by atoms with Gasteiger partial charge in [-0.15, -0.1) is 0 Å². The van der Waals surface area contributed by atoms with Crippen molar-refractivity contribution in [2.45, 2.75) is 0 Å². The van der Waals surface area contributed by atoms with Crippen LogP contribution in [0.1, 0.15) is 5.76 Å². The van der Waals surface area contributed by atoms with Gasteiger partial charge in [-0.3, -0.25) is 19.4 Å². The minimum Gasteiger partial charge on any atom is -0.457 e. The molecule has 2 amide bonds. The third-order valence-electron chi connectivity index (χ3n) is 4.09. The maximum atomic E-state index is 12.6. The van der Waals surface area contributed by atoms with Gasteiger partial charge in [-0.25, -0.2) is 0 Å². The molecule has 0 saturated carbocycles. The van der Waals surface area contributed by atoms with Crippen molar-refractivity contribution in [3.8, 4) is 11.3 Å². The zero-order valence-electron chi connectivity index (χ0n) is 14.9. The van der Waals surface area contributed by atoms with E-state index in [1.807, 2.05) is 18.2 Å². The molecule has 1 aliphatic rings. The number of carbonyl (C=O) groups is 2. The highest BCUT2D eigenvalue weighted by Gasteiger charge is 2.36. The summed E-state index contributed by atoms with van der Waals surface area (Å²) in [5.41, 5.74) is 0.737. The Morgan fingerprint density at radius 1 is 1.11 bits per heavy atom. The number of thioether (sulfide) groups is 1. The Hall–Kier alpha value is -2.10. The summed E-state index contributed by atoms with van der Waals surface area (Å²) < 4.78 is 5.76. The molecule has 0 spiro atoms. The van der Waals surface area contributed by atoms with E-state index in [1.54, 1.807) is 23.1 Å². The topological polar surface area (TPSA) is 94.2 Å². The highest BCUT2D eigenvalue weighted by atomic mass is 35.5. The second-order valence-electron chi connectivity index (χ2n) is 6.00. The Kier molecular flexibility index (Phi) is 6.93. The van der Waals surface area contributed by atoms with E-state index >= 15 is 0 Å². The summed E-state index contributed by atoms with van der Waals surface area (Å²) >= 11 is 7.00. The number of nitrogens with zero attached hydrogens (tertiary/aromatic N) is 2. The van der Waals surface area contributed by atoms with Crippen LogP contribution < -0.4 is 0 Å². The molecule has 1 saturated heterocycles. The number of hydrogen-bond donors (Lipinski definition) is 2. The van der Waals surface area contributed by atoms with E-state index in [2.05, 4.69) is 0 Å². The fraction of sp³-hybridized carbons (Fsp3) is 0.263. The average molecular weight is 423 g/mol. The molecule has 28 heavy (non-hydrogen) atoms. The summed E-state index contributed by atoms with van der Waals surface area (Å²) in [5.74, 6) is 0.558. The number of furan rings is 1. The van der Waals surface area contributed by atoms with Crippen molar-refractivity contribution in [3.63, 3.8) is 0 Å². The molecule has 7 nitrogen and oxygen atoms in total. The van der Waals surface area contributed by atoms with Gasteiger partial charge in [0.1, 0.15) is 11.5 Å². The molecule has 1 aromatic heterocycles. The summed E-state index contributed by atoms with van der Waals surface area (Å²) in [7, 11) is 0. The molecule has 0 bridgehead atoms. The maximum Gasteiger partial charge on any atom is 0.294 e. The van der Waals surface area contributed by atoms with Gasteiger partial charge in [-0.2, -0.15) is 0 Å². The van der Waals surface area contributed by atoms with Crippen LogP contribution in [0.4, 0.5) is 4.79 Å². The van der Waals surface area contributed by atoms with Crippen molar-refractivity contribution < 1.29 is 24.2 Å². The first-order valence-electron chi connectivity index (χ1n) is 8.57. The zero-order valence-corrected chi connectivity index (χ0v) is 16.4. The summed E-state index contributed by atoms with van der Waals surface area (Å²) in [6.07, 6.45) is 1.52. The van der Waals surface area contributed by atoms with Crippen LogP contribution >= 0.6 is 23.4 Å². The molecular weight excluding hydrogens is 404 g/mol. The predicted molar refractivity (Wildman–Crippen MR) is 108 cm³/mol. The molecule has 0 atom stereocenters. The molecule has 1 aliphatic heterocycles. The monoisotopic (exact) mass is 422 g/mol. The fourth-order valence-electron chi connectivity index (χ4n) is 2.72. The van der Waals surface area contributed by atoms with Crippen molar-refractivity contribution in [2.75, 3.05) is 33.0 Å². The lowest BCUT2D eigenvalue weighted by molar-refractivity contribution is -0.124. The SMILES string of the molecule is O=C1SC(=Cc2ccc(-c3ccccc3Cl)o2)C(=O)N1CN(CCO)CCO. The van der Waals surface area contributed by atoms with Gasteiger partial charge in [0.15, 0.2) is 0 Å². The predicted octanol–water partition coefficient (Wildman–Crippen LogP) is 2.88. The van der Waals surface area contributed by atoms with Gasteiger partial charge in [0.05, 0.1) is 29.8 Å². The van der Waals surface area contributed by atoms with Crippen molar-refractivity contribution in [1.82, 2.24) is 9.80 Å². The molecule has 2 heterocycles. The van der Waals surface area contributed by atoms with Crippen LogP contribution in [-0.2, 0) is 4.79 Å². The number of carbonyl (C=O) groups excluding carboxylic acids is 2. The van der Waals surface area contributed by atoms with Gasteiger partial charge in [-0.05, 0) is 36.0 Å². The second-order valence-corrected chi connectivity index (χ2v) is 7.40. The van der Waals surface area contributed by atoms with Gasteiger partial charge in [0.25, 0.3) is 11.1 Å². The highest BCUT2D eigenvalue weighted by Crippen LogP contribution is 2.34. The lowest BCUT2D eigenvalue weighted by Crippen LogP contribution is -2.42. The van der Waals surface area contributed by atoms with E-state index in [0.29, 0.717) is 16.5 Å². The molecule has 1 aromatic carbocycles. The van der Waals surface area contributed by atoms with Crippen molar-refractivity contribution in [1.29, 1.82) is 0 Å². The number of rotatable bonds is 8. The minimum atomic E-state index is -0.438. The number of amides is 2. The number of aliphatic hydroxyl groups is 2. The van der Waals surface area contributed by atoms with Gasteiger partial charge in [0, 0.05) is 24.7 Å². The molecule has 9 heteroatoms. The van der Waals surface area contributed by atoms with E-state index < -0.39 is 11.1 Å². The number of benzene rings is 1. The van der Waals surface area contributed by atoms with Crippen molar-refractivity contribution in [3.05, 3.63) is 52.1 Å². The normalized spacial score (nSPS) is 16.0. The maximum absolute atomic E-state index is 12.6. The first-order valence-corrected chi connectivity index (χ1v) is 9.77. The number of aliphatic hydroxyl groups excluding tert-OH is 2. The Morgan fingerprint density at radius 2 is 1.82 bits per heavy atom. The molecule has 0 unspecified atom stereocenters. The molecule has 2 aromatic rings. The summed E-state index contributed by atoms with van der Waals surface area (Å²) in [6, 6.07) is 10.7. The van der Waals surface area contributed by atoms with Crippen molar-refractivity contribution >= 4 is 40.6 Å². The first kappa shape index (κ1) is 20.6. The highest BCUT2D eigenvalue weighted by molar-refractivity contribution is 8.18. The molecule has 2 N–H and O–H groups in total. The quantitative estimate of drug-likeness (QED) is 0.631. The van der Waals surface area contributed by atoms with Crippen LogP contribution in [-0.4, -0.2) is 64.1 Å². The van der Waals surface area contributed by atoms with Gasteiger partial charge in [0.2, 0.25) is 0 Å². The van der Waals surface area contributed by atoms with Crippen LogP contribution in [0.2, 0.25) is 5.02 Å². The zero-order chi connectivity index (χ0) is 20.1. The van der Waals surface area contributed by atoms with Crippen molar-refractivity contribution in [2.24, 2.45) is 0 Å². The van der Waals surface area contributed by atoms with E-state index in [-0.39, 0.29) is 37.9 Å². The lowest BCUT2D eigenvalue weighted by Gasteiger charge is -2.24. The van der Waals surface area contributed by atoms with Crippen LogP contribution in [0.3, 0.4) is 0 Å². The Balaban J connectivity index is 1.76. The van der Waals surface area contributed by atoms with E-state index in [0.717, 1.165) is 22.2 Å². The summed E-state index contributed by atoms with van der Waals surface area (Å²) in [4.78, 5) is 27.8. The molecule has 1 fully saturated rings. The fourth-order valence-corrected chi connectivity index (χ4v) is 3.76. The summed E-state index contributed by atoms with van der Waals surface area (Å²) in [5, 5.41) is 18.3. The third kappa shape index (κ3) is 4.65. The largest absolute Gasteiger partial charge is 0.457 e. The van der Waals surface area contributed by atoms with E-state index in [4.69, 9.17) is 26.2 Å². The molecule has 0 aliphatic carbocycles. The van der Waals surface area contributed by atoms with Gasteiger partial charge in [-0.1, -0.05) is 23.7 Å². The Labute approximate surface area is 171 Å². The van der Waals surface area contributed by atoms with E-state index in [1.165, 1.54) is 6.08 Å². The molecule has 0 radical (unpaired) electrons.